The molecule has 0 saturated carbocycles. The van der Waals surface area contributed by atoms with Gasteiger partial charge in [-0.2, -0.15) is 5.10 Å². The second-order valence-electron chi connectivity index (χ2n) is 15.0. The second-order valence-corrected chi connectivity index (χ2v) is 15.0. The Morgan fingerprint density at radius 1 is 0.698 bits per heavy atom. The van der Waals surface area contributed by atoms with Crippen LogP contribution >= 0.6 is 0 Å². The maximum atomic E-state index is 12.4. The monoisotopic (exact) mass is 796 g/mol. The van der Waals surface area contributed by atoms with E-state index in [1.807, 2.05) is 51.4 Å². The van der Waals surface area contributed by atoms with Crippen molar-refractivity contribution < 1.29 is 47.3 Å². The van der Waals surface area contributed by atoms with E-state index in [0.717, 1.165) is 24.2 Å². The van der Waals surface area contributed by atoms with Gasteiger partial charge in [-0.1, -0.05) is 130 Å². The molecule has 53 heavy (non-hydrogen) atoms. The molecule has 0 aliphatic heterocycles. The summed E-state index contributed by atoms with van der Waals surface area (Å²) < 4.78 is 1.30. The predicted octanol–water partition coefficient (Wildman–Crippen LogP) is 7.78. The fraction of sp³-hybridized carbons (Fsp3) is 0.545. The number of para-hydroxylation sites is 1. The molecule has 1 aromatic carbocycles. The van der Waals surface area contributed by atoms with Crippen LogP contribution in [-0.2, 0) is 32.3 Å². The SMILES string of the molecule is CCCCCCCCCc1ccnc(-c2cc(CCCCCCCCC)ccn2)c1.Cc1nn(-c2ccccc2)c([O-])c1C(=O)CC(C)(C)C.O.[Cl-].[Zn+2]. The van der Waals surface area contributed by atoms with E-state index in [2.05, 4.69) is 53.2 Å². The molecule has 4 rings (SSSR count). The van der Waals surface area contributed by atoms with Crippen LogP contribution in [0.3, 0.4) is 0 Å². The normalized spacial score (nSPS) is 10.7. The van der Waals surface area contributed by atoms with E-state index >= 15 is 0 Å². The van der Waals surface area contributed by atoms with Crippen LogP contribution in [0, 0.1) is 12.3 Å². The first kappa shape index (κ1) is 50.1. The van der Waals surface area contributed by atoms with Gasteiger partial charge in [-0.3, -0.25) is 14.8 Å². The van der Waals surface area contributed by atoms with Gasteiger partial charge < -0.3 is 23.0 Å². The van der Waals surface area contributed by atoms with E-state index in [4.69, 9.17) is 0 Å². The van der Waals surface area contributed by atoms with Gasteiger partial charge in [-0.25, -0.2) is 4.68 Å². The minimum absolute atomic E-state index is 0. The van der Waals surface area contributed by atoms with Crippen molar-refractivity contribution in [2.45, 2.75) is 151 Å². The Morgan fingerprint density at radius 3 is 1.57 bits per heavy atom. The molecule has 0 saturated heterocycles. The number of aryl methyl sites for hydroxylation is 3. The summed E-state index contributed by atoms with van der Waals surface area (Å²) in [7, 11) is 0. The molecular formula is C44H65ClN4O3Zn. The molecule has 0 unspecified atom stereocenters. The third-order valence-corrected chi connectivity index (χ3v) is 9.04. The summed E-state index contributed by atoms with van der Waals surface area (Å²) in [6.45, 7) is 12.2. The van der Waals surface area contributed by atoms with Crippen molar-refractivity contribution in [2.24, 2.45) is 5.41 Å². The Bertz CT molecular complexity index is 1500. The van der Waals surface area contributed by atoms with Crippen LogP contribution in [0.2, 0.25) is 0 Å². The van der Waals surface area contributed by atoms with Crippen LogP contribution in [0.4, 0.5) is 0 Å². The summed E-state index contributed by atoms with van der Waals surface area (Å²) in [4.78, 5) is 21.5. The number of hydrogen-bond donors (Lipinski definition) is 0. The minimum atomic E-state index is -0.331. The Morgan fingerprint density at radius 2 is 1.13 bits per heavy atom. The molecular weight excluding hydrogens is 733 g/mol. The average molecular weight is 799 g/mol. The quantitative estimate of drug-likeness (QED) is 0.0515. The molecule has 0 aliphatic carbocycles. The zero-order chi connectivity index (χ0) is 36.2. The average Bonchev–Trinajstić information content (AvgIpc) is 3.41. The van der Waals surface area contributed by atoms with Crippen LogP contribution in [0.25, 0.3) is 17.1 Å². The van der Waals surface area contributed by atoms with Crippen molar-refractivity contribution in [1.82, 2.24) is 19.7 Å². The number of carbonyl (C=O) groups is 1. The molecule has 0 fully saturated rings. The van der Waals surface area contributed by atoms with Gasteiger partial charge in [0.15, 0.2) is 5.78 Å². The summed E-state index contributed by atoms with van der Waals surface area (Å²) in [5, 5.41) is 16.6. The van der Waals surface area contributed by atoms with Crippen molar-refractivity contribution >= 4 is 5.78 Å². The number of halogens is 1. The van der Waals surface area contributed by atoms with Gasteiger partial charge in [0.05, 0.1) is 28.3 Å². The van der Waals surface area contributed by atoms with E-state index in [0.29, 0.717) is 17.8 Å². The first-order chi connectivity index (χ1) is 24.1. The molecule has 0 aliphatic rings. The van der Waals surface area contributed by atoms with Crippen molar-refractivity contribution in [1.29, 1.82) is 0 Å². The van der Waals surface area contributed by atoms with Gasteiger partial charge in [0, 0.05) is 24.7 Å². The smallest absolute Gasteiger partial charge is 1.00 e. The van der Waals surface area contributed by atoms with Crippen LogP contribution in [0.1, 0.15) is 158 Å². The van der Waals surface area contributed by atoms with Gasteiger partial charge in [-0.15, -0.1) is 0 Å². The topological polar surface area (TPSA) is 115 Å². The fourth-order valence-corrected chi connectivity index (χ4v) is 6.25. The Balaban J connectivity index is 0.00000103. The molecule has 3 aromatic heterocycles. The molecule has 0 bridgehead atoms. The number of unbranched alkanes of at least 4 members (excludes halogenated alkanes) is 12. The number of carbonyl (C=O) groups excluding carboxylic acids is 1. The number of ketones is 1. The first-order valence-electron chi connectivity index (χ1n) is 19.4. The number of pyridine rings is 2. The standard InChI is InChI=1S/C28H44N2.C16H20N2O2.ClH.H2O.Zn/c1-3-5-7-9-11-13-15-17-25-19-21-29-27(23-25)28-24-26(20-22-30-28)18-16-14-12-10-8-6-4-2;1-11-14(13(19)10-16(2,3)4)15(20)18(17-11)12-8-6-5-7-9-12;;;/h19-24H,3-18H2,1-2H3;5-9,20H,10H2,1-4H3;1H;1H2;/q;;;;+2/p-2. The Hall–Kier alpha value is -2.93. The van der Waals surface area contributed by atoms with Crippen molar-refractivity contribution in [3.05, 3.63) is 89.4 Å². The fourth-order valence-electron chi connectivity index (χ4n) is 6.25. The van der Waals surface area contributed by atoms with Crippen LogP contribution < -0.4 is 17.5 Å². The molecule has 0 atom stereocenters. The predicted molar refractivity (Wildman–Crippen MR) is 211 cm³/mol. The van der Waals surface area contributed by atoms with E-state index < -0.39 is 0 Å². The van der Waals surface area contributed by atoms with E-state index in [9.17, 15) is 9.90 Å². The third kappa shape index (κ3) is 18.8. The summed E-state index contributed by atoms with van der Waals surface area (Å²) in [5.74, 6) is -0.467. The van der Waals surface area contributed by atoms with Crippen LogP contribution in [-0.4, -0.2) is 31.0 Å². The van der Waals surface area contributed by atoms with Gasteiger partial charge in [-0.05, 0) is 85.5 Å². The molecule has 0 amide bonds. The number of rotatable bonds is 20. The number of hydrogen-bond acceptors (Lipinski definition) is 5. The number of benzene rings is 1. The first-order valence-corrected chi connectivity index (χ1v) is 19.4. The zero-order valence-electron chi connectivity index (χ0n) is 33.6. The number of nitrogens with zero attached hydrogens (tertiary/aromatic N) is 4. The van der Waals surface area contributed by atoms with Crippen molar-refractivity contribution in [3.8, 4) is 23.0 Å². The summed E-state index contributed by atoms with van der Waals surface area (Å²) in [6, 6.07) is 18.0. The van der Waals surface area contributed by atoms with Gasteiger partial charge in [0.2, 0.25) is 0 Å². The second kappa shape index (κ2) is 27.6. The maximum Gasteiger partial charge on any atom is 2.00 e. The van der Waals surface area contributed by atoms with Crippen molar-refractivity contribution in [2.75, 3.05) is 0 Å². The van der Waals surface area contributed by atoms with E-state index in [1.54, 1.807) is 19.1 Å². The zero-order valence-corrected chi connectivity index (χ0v) is 37.3. The van der Waals surface area contributed by atoms with Gasteiger partial charge >= 0.3 is 19.5 Å². The minimum Gasteiger partial charge on any atom is -1.00 e. The molecule has 0 spiro atoms. The maximum absolute atomic E-state index is 12.4. The van der Waals surface area contributed by atoms with Crippen molar-refractivity contribution in [3.63, 3.8) is 0 Å². The molecule has 288 valence electrons. The summed E-state index contributed by atoms with van der Waals surface area (Å²) >= 11 is 0. The van der Waals surface area contributed by atoms with E-state index in [-0.39, 0.29) is 60.0 Å². The molecule has 9 heteroatoms. The summed E-state index contributed by atoms with van der Waals surface area (Å²) in [5.41, 5.74) is 6.08. The number of Topliss-reactive ketones (excluding diaryl/α,β-unsaturated/α-hetero) is 1. The number of aromatic nitrogens is 4. The van der Waals surface area contributed by atoms with Crippen LogP contribution in [0.15, 0.2) is 67.0 Å². The van der Waals surface area contributed by atoms with Gasteiger partial charge in [0.1, 0.15) is 0 Å². The Labute approximate surface area is 339 Å². The molecule has 2 N–H and O–H groups in total. The largest absolute Gasteiger partial charge is 2.00 e. The molecule has 4 aromatic rings. The third-order valence-electron chi connectivity index (χ3n) is 9.04. The molecule has 7 nitrogen and oxygen atoms in total. The summed E-state index contributed by atoms with van der Waals surface area (Å²) in [6.07, 6.45) is 25.6. The van der Waals surface area contributed by atoms with E-state index in [1.165, 1.54) is 106 Å². The Kier molecular flexibility index (Phi) is 26.1. The van der Waals surface area contributed by atoms with Gasteiger partial charge in [0.25, 0.3) is 0 Å². The molecule has 0 radical (unpaired) electrons. The van der Waals surface area contributed by atoms with Crippen LogP contribution in [0.5, 0.6) is 5.88 Å². The molecule has 3 heterocycles.